The molecule has 1 N–H and O–H groups in total. The van der Waals surface area contributed by atoms with Gasteiger partial charge in [0, 0.05) is 17.1 Å². The van der Waals surface area contributed by atoms with Gasteiger partial charge < -0.3 is 5.11 Å². The van der Waals surface area contributed by atoms with Crippen molar-refractivity contribution < 1.29 is 9.90 Å². The summed E-state index contributed by atoms with van der Waals surface area (Å²) in [5.74, 6) is -1.04. The fourth-order valence-electron chi connectivity index (χ4n) is 2.34. The number of aromatic carboxylic acids is 1. The van der Waals surface area contributed by atoms with Crippen molar-refractivity contribution in [3.63, 3.8) is 0 Å². The number of fused-ring (bicyclic) bond motifs is 1. The zero-order chi connectivity index (χ0) is 15.0. The number of halogens is 1. The molecule has 0 bridgehead atoms. The third kappa shape index (κ3) is 2.45. The predicted molar refractivity (Wildman–Crippen MR) is 81.7 cm³/mol. The lowest BCUT2D eigenvalue weighted by molar-refractivity contribution is 0.0691. The van der Waals surface area contributed by atoms with Crippen molar-refractivity contribution in [1.82, 2.24) is 9.97 Å². The first-order valence-corrected chi connectivity index (χ1v) is 6.69. The Morgan fingerprint density at radius 3 is 2.76 bits per heavy atom. The van der Waals surface area contributed by atoms with Crippen LogP contribution in [0.3, 0.4) is 0 Å². The van der Waals surface area contributed by atoms with Crippen LogP contribution in [0.5, 0.6) is 0 Å². The van der Waals surface area contributed by atoms with Crippen molar-refractivity contribution >= 4 is 28.5 Å². The average Bonchev–Trinajstić information content (AvgIpc) is 2.46. The molecule has 5 heteroatoms. The molecule has 21 heavy (non-hydrogen) atoms. The molecule has 1 aromatic carbocycles. The second kappa shape index (κ2) is 5.14. The van der Waals surface area contributed by atoms with Crippen LogP contribution < -0.4 is 0 Å². The first kappa shape index (κ1) is 13.5. The number of carboxylic acid groups (broad SMARTS) is 1. The summed E-state index contributed by atoms with van der Waals surface area (Å²) in [6.07, 6.45) is 1.50. The minimum absolute atomic E-state index is 0.0521. The summed E-state index contributed by atoms with van der Waals surface area (Å²) in [7, 11) is 0. The average molecular weight is 299 g/mol. The van der Waals surface area contributed by atoms with Crippen LogP contribution in [0, 0.1) is 6.92 Å². The first-order chi connectivity index (χ1) is 10.1. The molecule has 0 amide bonds. The van der Waals surface area contributed by atoms with Gasteiger partial charge in [-0.3, -0.25) is 0 Å². The Labute approximate surface area is 126 Å². The smallest absolute Gasteiger partial charge is 0.355 e. The molecule has 0 unspecified atom stereocenters. The molecular formula is C16H11ClN2O2. The normalized spacial score (nSPS) is 10.8. The number of pyridine rings is 2. The quantitative estimate of drug-likeness (QED) is 0.727. The molecule has 0 aliphatic rings. The highest BCUT2D eigenvalue weighted by Gasteiger charge is 2.15. The lowest BCUT2D eigenvalue weighted by atomic mass is 9.97. The summed E-state index contributed by atoms with van der Waals surface area (Å²) in [5, 5.41) is 10.6. The van der Waals surface area contributed by atoms with Gasteiger partial charge in [-0.1, -0.05) is 17.7 Å². The van der Waals surface area contributed by atoms with Crippen LogP contribution in [0.4, 0.5) is 0 Å². The summed E-state index contributed by atoms with van der Waals surface area (Å²) in [4.78, 5) is 19.6. The number of hydrogen-bond acceptors (Lipinski definition) is 3. The molecule has 0 spiro atoms. The van der Waals surface area contributed by atoms with Crippen LogP contribution in [-0.4, -0.2) is 21.0 Å². The molecular weight excluding hydrogens is 288 g/mol. The van der Waals surface area contributed by atoms with Gasteiger partial charge in [-0.25, -0.2) is 14.8 Å². The van der Waals surface area contributed by atoms with Crippen LogP contribution in [0.25, 0.3) is 22.0 Å². The van der Waals surface area contributed by atoms with Crippen molar-refractivity contribution in [2.45, 2.75) is 6.92 Å². The first-order valence-electron chi connectivity index (χ1n) is 6.32. The van der Waals surface area contributed by atoms with Crippen molar-refractivity contribution in [2.24, 2.45) is 0 Å². The zero-order valence-corrected chi connectivity index (χ0v) is 11.9. The van der Waals surface area contributed by atoms with Gasteiger partial charge in [0.1, 0.15) is 5.15 Å². The summed E-state index contributed by atoms with van der Waals surface area (Å²) >= 11 is 5.87. The van der Waals surface area contributed by atoms with E-state index in [-0.39, 0.29) is 5.69 Å². The summed E-state index contributed by atoms with van der Waals surface area (Å²) in [6, 6.07) is 10.9. The van der Waals surface area contributed by atoms with Crippen LogP contribution >= 0.6 is 11.6 Å². The number of aromatic nitrogens is 2. The van der Waals surface area contributed by atoms with Crippen LogP contribution in [0.2, 0.25) is 5.15 Å². The monoisotopic (exact) mass is 298 g/mol. The van der Waals surface area contributed by atoms with Gasteiger partial charge in [0.15, 0.2) is 5.69 Å². The second-order valence-corrected chi connectivity index (χ2v) is 5.09. The number of benzene rings is 1. The van der Waals surface area contributed by atoms with E-state index >= 15 is 0 Å². The number of nitrogens with zero attached hydrogens (tertiary/aromatic N) is 2. The van der Waals surface area contributed by atoms with E-state index in [0.717, 1.165) is 22.0 Å². The predicted octanol–water partition coefficient (Wildman–Crippen LogP) is 3.96. The number of aryl methyl sites for hydroxylation is 1. The summed E-state index contributed by atoms with van der Waals surface area (Å²) in [6.45, 7) is 1.87. The van der Waals surface area contributed by atoms with Crippen LogP contribution in [-0.2, 0) is 0 Å². The molecule has 0 fully saturated rings. The highest BCUT2D eigenvalue weighted by Crippen LogP contribution is 2.29. The molecule has 4 nitrogen and oxygen atoms in total. The third-order valence-electron chi connectivity index (χ3n) is 3.31. The van der Waals surface area contributed by atoms with Crippen LogP contribution in [0.1, 0.15) is 16.1 Å². The van der Waals surface area contributed by atoms with Crippen molar-refractivity contribution in [2.75, 3.05) is 0 Å². The Hall–Kier alpha value is -2.46. The van der Waals surface area contributed by atoms with Crippen molar-refractivity contribution in [3.05, 3.63) is 59.0 Å². The maximum absolute atomic E-state index is 11.4. The van der Waals surface area contributed by atoms with Gasteiger partial charge in [-0.05, 0) is 48.4 Å². The lowest BCUT2D eigenvalue weighted by Crippen LogP contribution is -2.04. The van der Waals surface area contributed by atoms with Gasteiger partial charge in [0.25, 0.3) is 0 Å². The van der Waals surface area contributed by atoms with Crippen molar-refractivity contribution in [3.8, 4) is 11.1 Å². The highest BCUT2D eigenvalue weighted by atomic mass is 35.5. The molecule has 2 heterocycles. The SMILES string of the molecule is Cc1ccnc(C(=O)O)c1-c1ccc2nc(Cl)ccc2c1. The van der Waals surface area contributed by atoms with E-state index in [1.807, 2.05) is 31.2 Å². The maximum atomic E-state index is 11.4. The van der Waals surface area contributed by atoms with Gasteiger partial charge in [-0.15, -0.1) is 0 Å². The van der Waals surface area contributed by atoms with Gasteiger partial charge in [0.05, 0.1) is 5.52 Å². The van der Waals surface area contributed by atoms with Gasteiger partial charge >= 0.3 is 5.97 Å². The number of rotatable bonds is 2. The van der Waals surface area contributed by atoms with Gasteiger partial charge in [-0.2, -0.15) is 0 Å². The Kier molecular flexibility index (Phi) is 3.31. The Morgan fingerprint density at radius 2 is 2.00 bits per heavy atom. The molecule has 0 aliphatic carbocycles. The molecule has 104 valence electrons. The van der Waals surface area contributed by atoms with E-state index in [1.54, 1.807) is 12.1 Å². The lowest BCUT2D eigenvalue weighted by Gasteiger charge is -2.10. The third-order valence-corrected chi connectivity index (χ3v) is 3.52. The minimum atomic E-state index is -1.04. The van der Waals surface area contributed by atoms with Crippen LogP contribution in [0.15, 0.2) is 42.6 Å². The Balaban J connectivity index is 2.26. The number of carboxylic acids is 1. The Bertz CT molecular complexity index is 862. The molecule has 0 radical (unpaired) electrons. The molecule has 0 saturated carbocycles. The van der Waals surface area contributed by atoms with E-state index < -0.39 is 5.97 Å². The summed E-state index contributed by atoms with van der Waals surface area (Å²) < 4.78 is 0. The second-order valence-electron chi connectivity index (χ2n) is 4.70. The molecule has 3 aromatic rings. The van der Waals surface area contributed by atoms with Crippen molar-refractivity contribution in [1.29, 1.82) is 0 Å². The standard InChI is InChI=1S/C16H11ClN2O2/c1-9-6-7-18-15(16(20)21)14(9)11-2-4-12-10(8-11)3-5-13(17)19-12/h2-8H,1H3,(H,20,21). The van der Waals surface area contributed by atoms with Gasteiger partial charge in [0.2, 0.25) is 0 Å². The maximum Gasteiger partial charge on any atom is 0.355 e. The van der Waals surface area contributed by atoms with E-state index in [1.165, 1.54) is 6.20 Å². The fourth-order valence-corrected chi connectivity index (χ4v) is 2.50. The van der Waals surface area contributed by atoms with E-state index in [4.69, 9.17) is 11.6 Å². The summed E-state index contributed by atoms with van der Waals surface area (Å²) in [5.41, 5.74) is 3.11. The highest BCUT2D eigenvalue weighted by molar-refractivity contribution is 6.29. The topological polar surface area (TPSA) is 63.1 Å². The minimum Gasteiger partial charge on any atom is -0.476 e. The number of carbonyl (C=O) groups is 1. The molecule has 0 atom stereocenters. The van der Waals surface area contributed by atoms with E-state index in [2.05, 4.69) is 9.97 Å². The Morgan fingerprint density at radius 1 is 1.19 bits per heavy atom. The van der Waals surface area contributed by atoms with E-state index in [0.29, 0.717) is 10.7 Å². The number of hydrogen-bond donors (Lipinski definition) is 1. The largest absolute Gasteiger partial charge is 0.476 e. The van der Waals surface area contributed by atoms with E-state index in [9.17, 15) is 9.90 Å². The fraction of sp³-hybridized carbons (Fsp3) is 0.0625. The zero-order valence-electron chi connectivity index (χ0n) is 11.2. The molecule has 3 rings (SSSR count). The molecule has 0 aliphatic heterocycles. The molecule has 0 saturated heterocycles. The molecule has 2 aromatic heterocycles.